The topological polar surface area (TPSA) is 55.8 Å². The van der Waals surface area contributed by atoms with Crippen LogP contribution in [0.5, 0.6) is 5.75 Å². The first-order valence-electron chi connectivity index (χ1n) is 8.15. The smallest absolute Gasteiger partial charge is 0.255 e. The van der Waals surface area contributed by atoms with E-state index in [9.17, 15) is 9.90 Å². The van der Waals surface area contributed by atoms with Crippen LogP contribution in [0.25, 0.3) is 0 Å². The Hall–Kier alpha value is -2.53. The average molecular weight is 325 g/mol. The minimum absolute atomic E-state index is 0.151. The third-order valence-corrected chi connectivity index (χ3v) is 4.51. The first-order chi connectivity index (χ1) is 11.5. The molecule has 3 rings (SSSR count). The average Bonchev–Trinajstić information content (AvgIpc) is 3.06. The van der Waals surface area contributed by atoms with Crippen LogP contribution in [0.4, 0.5) is 11.4 Å². The van der Waals surface area contributed by atoms with Gasteiger partial charge in [0.25, 0.3) is 5.91 Å². The van der Waals surface area contributed by atoms with Crippen LogP contribution >= 0.6 is 0 Å². The van der Waals surface area contributed by atoms with E-state index in [1.165, 1.54) is 24.2 Å². The number of anilines is 2. The van der Waals surface area contributed by atoms with Gasteiger partial charge in [0.15, 0.2) is 0 Å². The molecule has 2 N–H and O–H groups in total. The molecule has 24 heavy (non-hydrogen) atoms. The Morgan fingerprint density at radius 3 is 2.38 bits per heavy atom. The van der Waals surface area contributed by atoms with Gasteiger partial charge in [0.1, 0.15) is 5.75 Å². The Kier molecular flexibility index (Phi) is 4.71. The molecule has 1 aliphatic heterocycles. The Balaban J connectivity index is 1.62. The van der Waals surface area contributed by atoms with Crippen LogP contribution in [0.15, 0.2) is 48.5 Å². The molecule has 0 bridgehead atoms. The number of hydrogen-bond acceptors (Lipinski definition) is 4. The van der Waals surface area contributed by atoms with Crippen molar-refractivity contribution in [3.05, 3.63) is 54.1 Å². The Morgan fingerprint density at radius 2 is 1.79 bits per heavy atom. The molecule has 126 valence electrons. The second-order valence-corrected chi connectivity index (χ2v) is 6.40. The van der Waals surface area contributed by atoms with E-state index >= 15 is 0 Å². The lowest BCUT2D eigenvalue weighted by atomic mass is 10.2. The predicted octanol–water partition coefficient (Wildman–Crippen LogP) is 2.78. The molecule has 0 aliphatic carbocycles. The summed E-state index contributed by atoms with van der Waals surface area (Å²) in [4.78, 5) is 16.8. The van der Waals surface area contributed by atoms with Crippen molar-refractivity contribution in [2.24, 2.45) is 0 Å². The Labute approximate surface area is 142 Å². The predicted molar refractivity (Wildman–Crippen MR) is 96.8 cm³/mol. The molecule has 0 aromatic heterocycles. The fourth-order valence-corrected chi connectivity index (χ4v) is 2.97. The van der Waals surface area contributed by atoms with Gasteiger partial charge in [-0.2, -0.15) is 0 Å². The third-order valence-electron chi connectivity index (χ3n) is 4.51. The number of carbonyl (C=O) groups is 1. The summed E-state index contributed by atoms with van der Waals surface area (Å²) in [6, 6.07) is 14.8. The fraction of sp³-hybridized carbons (Fsp3) is 0.316. The zero-order valence-electron chi connectivity index (χ0n) is 14.1. The highest BCUT2D eigenvalue weighted by Gasteiger charge is 2.23. The minimum Gasteiger partial charge on any atom is -0.508 e. The van der Waals surface area contributed by atoms with Gasteiger partial charge in [-0.1, -0.05) is 0 Å². The molecule has 0 saturated carbocycles. The van der Waals surface area contributed by atoms with Crippen molar-refractivity contribution in [2.45, 2.75) is 12.5 Å². The highest BCUT2D eigenvalue weighted by molar-refractivity contribution is 6.04. The van der Waals surface area contributed by atoms with E-state index in [-0.39, 0.29) is 11.7 Å². The molecule has 1 fully saturated rings. The van der Waals surface area contributed by atoms with E-state index < -0.39 is 0 Å². The molecule has 0 spiro atoms. The fourth-order valence-electron chi connectivity index (χ4n) is 2.97. The lowest BCUT2D eigenvalue weighted by molar-refractivity contribution is 0.102. The van der Waals surface area contributed by atoms with Crippen LogP contribution in [-0.4, -0.2) is 49.1 Å². The maximum absolute atomic E-state index is 12.2. The number of nitrogens with zero attached hydrogens (tertiary/aromatic N) is 2. The molecule has 1 amide bonds. The number of hydrogen-bond donors (Lipinski definition) is 2. The van der Waals surface area contributed by atoms with Crippen molar-refractivity contribution < 1.29 is 9.90 Å². The zero-order chi connectivity index (χ0) is 17.1. The van der Waals surface area contributed by atoms with Crippen LogP contribution in [0, 0.1) is 0 Å². The second-order valence-electron chi connectivity index (χ2n) is 6.40. The Morgan fingerprint density at radius 1 is 1.12 bits per heavy atom. The van der Waals surface area contributed by atoms with Gasteiger partial charge >= 0.3 is 0 Å². The monoisotopic (exact) mass is 325 g/mol. The van der Waals surface area contributed by atoms with Gasteiger partial charge in [0.05, 0.1) is 0 Å². The molecule has 1 unspecified atom stereocenters. The van der Waals surface area contributed by atoms with E-state index in [2.05, 4.69) is 29.2 Å². The number of carbonyl (C=O) groups excluding carboxylic acids is 1. The normalized spacial score (nSPS) is 17.3. The van der Waals surface area contributed by atoms with E-state index in [1.54, 1.807) is 12.1 Å². The highest BCUT2D eigenvalue weighted by Crippen LogP contribution is 2.24. The summed E-state index contributed by atoms with van der Waals surface area (Å²) < 4.78 is 0. The van der Waals surface area contributed by atoms with Crippen LogP contribution < -0.4 is 10.2 Å². The van der Waals surface area contributed by atoms with Crippen molar-refractivity contribution in [3.8, 4) is 5.75 Å². The maximum atomic E-state index is 12.2. The van der Waals surface area contributed by atoms with Crippen LogP contribution in [-0.2, 0) is 0 Å². The molecule has 0 radical (unpaired) electrons. The number of phenols is 1. The van der Waals surface area contributed by atoms with Crippen LogP contribution in [0.2, 0.25) is 0 Å². The van der Waals surface area contributed by atoms with Gasteiger partial charge in [-0.3, -0.25) is 4.79 Å². The Bertz CT molecular complexity index is 696. The van der Waals surface area contributed by atoms with Crippen molar-refractivity contribution >= 4 is 17.3 Å². The molecular weight excluding hydrogens is 302 g/mol. The first kappa shape index (κ1) is 16.3. The van der Waals surface area contributed by atoms with Crippen LogP contribution in [0.3, 0.4) is 0 Å². The molecule has 5 nitrogen and oxygen atoms in total. The molecule has 1 heterocycles. The summed E-state index contributed by atoms with van der Waals surface area (Å²) in [5, 5.41) is 12.2. The summed E-state index contributed by atoms with van der Waals surface area (Å²) in [5.74, 6) is -0.0332. The number of aromatic hydroxyl groups is 1. The summed E-state index contributed by atoms with van der Waals surface area (Å²) >= 11 is 0. The van der Waals surface area contributed by atoms with E-state index in [4.69, 9.17) is 0 Å². The molecule has 1 atom stereocenters. The van der Waals surface area contributed by atoms with Gasteiger partial charge in [-0.05, 0) is 69.0 Å². The second kappa shape index (κ2) is 6.93. The summed E-state index contributed by atoms with van der Waals surface area (Å²) in [6.07, 6.45) is 1.17. The van der Waals surface area contributed by atoms with Gasteiger partial charge in [-0.15, -0.1) is 0 Å². The molecule has 2 aromatic rings. The van der Waals surface area contributed by atoms with Gasteiger partial charge < -0.3 is 20.2 Å². The first-order valence-corrected chi connectivity index (χ1v) is 8.15. The SMILES string of the molecule is CN(C)C1CCN(c2ccc(NC(=O)c3ccc(O)cc3)cc2)C1. The summed E-state index contributed by atoms with van der Waals surface area (Å²) in [5.41, 5.74) is 2.47. The van der Waals surface area contributed by atoms with E-state index in [1.807, 2.05) is 24.3 Å². The molecule has 1 saturated heterocycles. The van der Waals surface area contributed by atoms with Gasteiger partial charge in [0.2, 0.25) is 0 Å². The number of nitrogens with one attached hydrogen (secondary N) is 1. The quantitative estimate of drug-likeness (QED) is 0.907. The summed E-state index contributed by atoms with van der Waals surface area (Å²) in [7, 11) is 4.24. The standard InChI is InChI=1S/C19H23N3O2/c1-21(2)17-11-12-22(13-17)16-7-5-15(6-8-16)20-19(24)14-3-9-18(23)10-4-14/h3-10,17,23H,11-13H2,1-2H3,(H,20,24). The lowest BCUT2D eigenvalue weighted by Gasteiger charge is -2.22. The largest absolute Gasteiger partial charge is 0.508 e. The molecular formula is C19H23N3O2. The molecule has 2 aromatic carbocycles. The van der Waals surface area contributed by atoms with Crippen molar-refractivity contribution in [2.75, 3.05) is 37.4 Å². The number of amides is 1. The minimum atomic E-state index is -0.184. The third kappa shape index (κ3) is 3.68. The van der Waals surface area contributed by atoms with Gasteiger partial charge in [-0.25, -0.2) is 0 Å². The summed E-state index contributed by atoms with van der Waals surface area (Å²) in [6.45, 7) is 2.09. The van der Waals surface area contributed by atoms with Crippen molar-refractivity contribution in [3.63, 3.8) is 0 Å². The van der Waals surface area contributed by atoms with Crippen molar-refractivity contribution in [1.29, 1.82) is 0 Å². The molecule has 1 aliphatic rings. The number of likely N-dealkylation sites (N-methyl/N-ethyl adjacent to an activating group) is 1. The van der Waals surface area contributed by atoms with E-state index in [0.29, 0.717) is 11.6 Å². The number of phenolic OH excluding ortho intramolecular Hbond substituents is 1. The lowest BCUT2D eigenvalue weighted by Crippen LogP contribution is -2.31. The van der Waals surface area contributed by atoms with Gasteiger partial charge in [0, 0.05) is 36.1 Å². The molecule has 5 heteroatoms. The van der Waals surface area contributed by atoms with E-state index in [0.717, 1.165) is 18.8 Å². The number of benzene rings is 2. The maximum Gasteiger partial charge on any atom is 0.255 e. The highest BCUT2D eigenvalue weighted by atomic mass is 16.3. The van der Waals surface area contributed by atoms with Crippen LogP contribution in [0.1, 0.15) is 16.8 Å². The zero-order valence-corrected chi connectivity index (χ0v) is 14.1. The van der Waals surface area contributed by atoms with Crippen molar-refractivity contribution in [1.82, 2.24) is 4.90 Å². The number of rotatable bonds is 4.